The molecule has 0 heterocycles. The molecule has 5 rings (SSSR count). The number of carbonyl (C=O) groups is 4. The van der Waals surface area contributed by atoms with Gasteiger partial charge in [-0.25, -0.2) is 19.2 Å². The SMILES string of the molecule is O=C(O)c1ccc(Oc2ccc(P(=O)(c3ccccc3)c3ccc(Oc4ccc(C(=O)O)c(C(=O)O)c4)cc3)cc2)cc1C(=O)O. The molecule has 5 aromatic rings. The molecular weight excluding hydrogens is 615 g/mol. The van der Waals surface area contributed by atoms with Gasteiger partial charge in [0, 0.05) is 15.9 Å². The zero-order valence-corrected chi connectivity index (χ0v) is 24.5. The van der Waals surface area contributed by atoms with Gasteiger partial charge in [-0.2, -0.15) is 0 Å². The highest BCUT2D eigenvalue weighted by Crippen LogP contribution is 2.43. The molecule has 0 spiro atoms. The first-order chi connectivity index (χ1) is 22.0. The van der Waals surface area contributed by atoms with Gasteiger partial charge in [0.1, 0.15) is 23.0 Å². The Balaban J connectivity index is 1.44. The maximum atomic E-state index is 14.9. The van der Waals surface area contributed by atoms with Crippen molar-refractivity contribution in [2.45, 2.75) is 0 Å². The summed E-state index contributed by atoms with van der Waals surface area (Å²) in [7, 11) is -3.46. The highest BCUT2D eigenvalue weighted by atomic mass is 31.2. The van der Waals surface area contributed by atoms with Crippen LogP contribution in [0.2, 0.25) is 0 Å². The maximum absolute atomic E-state index is 14.9. The smallest absolute Gasteiger partial charge is 0.336 e. The van der Waals surface area contributed by atoms with Crippen LogP contribution in [0.4, 0.5) is 0 Å². The average molecular weight is 639 g/mol. The minimum atomic E-state index is -3.46. The normalized spacial score (nSPS) is 11.0. The van der Waals surface area contributed by atoms with E-state index in [9.17, 15) is 44.2 Å². The number of aromatic carboxylic acids is 4. The minimum absolute atomic E-state index is 0.102. The van der Waals surface area contributed by atoms with Crippen molar-refractivity contribution >= 4 is 46.9 Å². The van der Waals surface area contributed by atoms with E-state index >= 15 is 0 Å². The van der Waals surface area contributed by atoms with Gasteiger partial charge in [0.15, 0.2) is 7.14 Å². The van der Waals surface area contributed by atoms with Gasteiger partial charge in [-0.3, -0.25) is 0 Å². The largest absolute Gasteiger partial charge is 0.478 e. The summed E-state index contributed by atoms with van der Waals surface area (Å²) in [4.78, 5) is 45.8. The van der Waals surface area contributed by atoms with Gasteiger partial charge in [-0.1, -0.05) is 30.3 Å². The molecule has 0 saturated heterocycles. The first-order valence-electron chi connectivity index (χ1n) is 13.4. The summed E-state index contributed by atoms with van der Waals surface area (Å²) in [6.45, 7) is 0. The zero-order chi connectivity index (χ0) is 33.0. The molecule has 0 aliphatic heterocycles. The van der Waals surface area contributed by atoms with Crippen LogP contribution in [0.3, 0.4) is 0 Å². The van der Waals surface area contributed by atoms with Crippen molar-refractivity contribution in [3.8, 4) is 23.0 Å². The third-order valence-electron chi connectivity index (χ3n) is 6.90. The topological polar surface area (TPSA) is 185 Å². The van der Waals surface area contributed by atoms with Crippen LogP contribution in [0.15, 0.2) is 115 Å². The summed E-state index contributed by atoms with van der Waals surface area (Å²) in [5.74, 6) is -4.81. The van der Waals surface area contributed by atoms with E-state index < -0.39 is 42.1 Å². The van der Waals surface area contributed by atoms with Gasteiger partial charge in [-0.05, 0) is 84.9 Å². The Morgan fingerprint density at radius 3 is 1.09 bits per heavy atom. The lowest BCUT2D eigenvalue weighted by Crippen LogP contribution is -2.24. The first-order valence-corrected chi connectivity index (χ1v) is 15.1. The Hall–Kier alpha value is -6.19. The van der Waals surface area contributed by atoms with Gasteiger partial charge >= 0.3 is 23.9 Å². The Morgan fingerprint density at radius 1 is 0.413 bits per heavy atom. The monoisotopic (exact) mass is 638 g/mol. The van der Waals surface area contributed by atoms with E-state index in [4.69, 9.17) is 9.47 Å². The third kappa shape index (κ3) is 6.35. The number of rotatable bonds is 11. The lowest BCUT2D eigenvalue weighted by molar-refractivity contribution is 0.0651. The van der Waals surface area contributed by atoms with E-state index in [0.29, 0.717) is 27.4 Å². The molecule has 4 N–H and O–H groups in total. The van der Waals surface area contributed by atoms with Crippen LogP contribution < -0.4 is 25.4 Å². The minimum Gasteiger partial charge on any atom is -0.478 e. The number of ether oxygens (including phenoxy) is 2. The van der Waals surface area contributed by atoms with Crippen LogP contribution in [-0.4, -0.2) is 44.3 Å². The summed E-state index contributed by atoms with van der Waals surface area (Å²) in [6, 6.07) is 28.7. The molecule has 11 nitrogen and oxygen atoms in total. The first kappa shape index (κ1) is 31.2. The summed E-state index contributed by atoms with van der Waals surface area (Å²) in [5, 5.41) is 38.8. The molecule has 0 fully saturated rings. The van der Waals surface area contributed by atoms with E-state index in [2.05, 4.69) is 0 Å². The van der Waals surface area contributed by atoms with Crippen LogP contribution in [0.1, 0.15) is 41.4 Å². The fourth-order valence-corrected chi connectivity index (χ4v) is 7.33. The van der Waals surface area contributed by atoms with Crippen LogP contribution in [0, 0.1) is 0 Å². The molecule has 0 bridgehead atoms. The third-order valence-corrected chi connectivity index (χ3v) is 9.97. The molecule has 0 aliphatic rings. The van der Waals surface area contributed by atoms with Crippen molar-refractivity contribution in [1.82, 2.24) is 0 Å². The Labute approximate surface area is 260 Å². The van der Waals surface area contributed by atoms with Crippen LogP contribution in [-0.2, 0) is 4.57 Å². The second kappa shape index (κ2) is 12.8. The summed E-state index contributed by atoms with van der Waals surface area (Å²) < 4.78 is 26.4. The molecule has 0 unspecified atom stereocenters. The predicted molar refractivity (Wildman–Crippen MR) is 167 cm³/mol. The quantitative estimate of drug-likeness (QED) is 0.130. The fraction of sp³-hybridized carbons (Fsp3) is 0. The maximum Gasteiger partial charge on any atom is 0.336 e. The Morgan fingerprint density at radius 2 is 0.739 bits per heavy atom. The molecule has 0 saturated carbocycles. The van der Waals surface area contributed by atoms with Crippen molar-refractivity contribution < 1.29 is 53.6 Å². The van der Waals surface area contributed by atoms with E-state index in [1.54, 1.807) is 78.9 Å². The molecule has 0 atom stereocenters. The second-order valence-electron chi connectivity index (χ2n) is 9.77. The molecule has 5 aromatic carbocycles. The van der Waals surface area contributed by atoms with Crippen molar-refractivity contribution in [1.29, 1.82) is 0 Å². The molecule has 0 aliphatic carbocycles. The number of benzene rings is 5. The number of carboxylic acids is 4. The van der Waals surface area contributed by atoms with Crippen LogP contribution >= 0.6 is 7.14 Å². The highest BCUT2D eigenvalue weighted by Gasteiger charge is 2.30. The highest BCUT2D eigenvalue weighted by molar-refractivity contribution is 7.85. The van der Waals surface area contributed by atoms with Crippen molar-refractivity contribution in [2.24, 2.45) is 0 Å². The molecular formula is C34H23O11P. The summed E-state index contributed by atoms with van der Waals surface area (Å²) in [5.41, 5.74) is -1.61. The summed E-state index contributed by atoms with van der Waals surface area (Å²) in [6.07, 6.45) is 0. The predicted octanol–water partition coefficient (Wildman–Crippen LogP) is 5.70. The number of carboxylic acid groups (broad SMARTS) is 4. The van der Waals surface area contributed by atoms with E-state index in [-0.39, 0.29) is 22.6 Å². The lowest BCUT2D eigenvalue weighted by atomic mass is 10.1. The lowest BCUT2D eigenvalue weighted by Gasteiger charge is -2.20. The molecule has 0 aromatic heterocycles. The van der Waals surface area contributed by atoms with E-state index in [0.717, 1.165) is 24.3 Å². The van der Waals surface area contributed by atoms with E-state index in [1.807, 2.05) is 0 Å². The summed E-state index contributed by atoms with van der Waals surface area (Å²) >= 11 is 0. The van der Waals surface area contributed by atoms with Crippen LogP contribution in [0.25, 0.3) is 0 Å². The van der Waals surface area contributed by atoms with E-state index in [1.165, 1.54) is 12.1 Å². The Kier molecular flexibility index (Phi) is 8.70. The zero-order valence-electron chi connectivity index (χ0n) is 23.6. The van der Waals surface area contributed by atoms with Crippen molar-refractivity contribution in [3.63, 3.8) is 0 Å². The van der Waals surface area contributed by atoms with Crippen LogP contribution in [0.5, 0.6) is 23.0 Å². The Bertz CT molecular complexity index is 1890. The molecule has 46 heavy (non-hydrogen) atoms. The van der Waals surface area contributed by atoms with Crippen molar-refractivity contribution in [3.05, 3.63) is 138 Å². The van der Waals surface area contributed by atoms with Gasteiger partial charge in [-0.15, -0.1) is 0 Å². The number of hydrogen-bond acceptors (Lipinski definition) is 7. The molecule has 0 amide bonds. The van der Waals surface area contributed by atoms with Crippen molar-refractivity contribution in [2.75, 3.05) is 0 Å². The van der Waals surface area contributed by atoms with Gasteiger partial charge in [0.25, 0.3) is 0 Å². The molecule has 12 heteroatoms. The molecule has 0 radical (unpaired) electrons. The fourth-order valence-electron chi connectivity index (χ4n) is 4.71. The average Bonchev–Trinajstić information content (AvgIpc) is 3.05. The van der Waals surface area contributed by atoms with Gasteiger partial charge < -0.3 is 34.5 Å². The standard InChI is InChI=1S/C34H23O11P/c35-31(36)27-16-10-22(18-29(27)33(39)40)44-20-6-12-25(13-7-20)46(43,24-4-2-1-3-5-24)26-14-8-21(9-15-26)45-23-11-17-28(32(37)38)30(19-23)34(41)42/h1-19H,(H,35,36)(H,37,38)(H,39,40)(H,41,42). The van der Waals surface area contributed by atoms with Gasteiger partial charge in [0.05, 0.1) is 22.3 Å². The number of hydrogen-bond donors (Lipinski definition) is 4. The van der Waals surface area contributed by atoms with Gasteiger partial charge in [0.2, 0.25) is 0 Å². The second-order valence-corrected chi connectivity index (χ2v) is 12.5. The molecule has 230 valence electrons.